The van der Waals surface area contributed by atoms with Crippen LogP contribution < -0.4 is 10.6 Å². The van der Waals surface area contributed by atoms with Crippen molar-refractivity contribution in [1.29, 1.82) is 0 Å². The van der Waals surface area contributed by atoms with Crippen molar-refractivity contribution in [2.75, 3.05) is 40.0 Å². The van der Waals surface area contributed by atoms with Crippen molar-refractivity contribution >= 4 is 23.3 Å². The molecule has 0 aromatic carbocycles. The van der Waals surface area contributed by atoms with Gasteiger partial charge in [-0.3, -0.25) is 4.99 Å². The van der Waals surface area contributed by atoms with E-state index in [1.165, 1.54) is 11.3 Å². The van der Waals surface area contributed by atoms with Gasteiger partial charge in [0.05, 0.1) is 30.5 Å². The number of thiazole rings is 1. The first-order valence-corrected chi connectivity index (χ1v) is 10.6. The molecular formula is C19H32N4O4S. The fraction of sp³-hybridized carbons (Fsp3) is 0.737. The monoisotopic (exact) mass is 412 g/mol. The molecule has 1 aliphatic rings. The van der Waals surface area contributed by atoms with Crippen molar-refractivity contribution in [3.05, 3.63) is 15.6 Å². The Balaban J connectivity index is 2.08. The maximum atomic E-state index is 12.0. The summed E-state index contributed by atoms with van der Waals surface area (Å²) >= 11 is 1.35. The van der Waals surface area contributed by atoms with E-state index in [1.807, 2.05) is 20.8 Å². The number of aromatic nitrogens is 1. The number of esters is 1. The van der Waals surface area contributed by atoms with Crippen LogP contribution in [0.1, 0.15) is 60.0 Å². The Bertz CT molecular complexity index is 671. The van der Waals surface area contributed by atoms with E-state index in [0.717, 1.165) is 24.4 Å². The Morgan fingerprint density at radius 2 is 2.11 bits per heavy atom. The minimum atomic E-state index is -0.321. The minimum absolute atomic E-state index is 0.0992. The van der Waals surface area contributed by atoms with Gasteiger partial charge in [-0.1, -0.05) is 0 Å². The molecule has 0 bridgehead atoms. The Morgan fingerprint density at radius 1 is 1.39 bits per heavy atom. The molecule has 1 aliphatic heterocycles. The molecule has 0 spiro atoms. The third-order valence-electron chi connectivity index (χ3n) is 4.70. The summed E-state index contributed by atoms with van der Waals surface area (Å²) in [5.74, 6) is 0.376. The molecule has 1 atom stereocenters. The topological polar surface area (TPSA) is 94.1 Å². The lowest BCUT2D eigenvalue weighted by molar-refractivity contribution is -0.0828. The molecule has 0 amide bonds. The summed E-state index contributed by atoms with van der Waals surface area (Å²) < 4.78 is 16.3. The number of nitrogens with zero attached hydrogens (tertiary/aromatic N) is 2. The SMILES string of the molecule is CCNC(=NCC1(OC)CCOCC1)NC(C)c1nc(C)c(C(=O)OCC)s1. The van der Waals surface area contributed by atoms with Crippen LogP contribution in [0.2, 0.25) is 0 Å². The number of carbonyl (C=O) groups excluding carboxylic acids is 1. The standard InChI is InChI=1S/C19H32N4O4S/c1-6-20-18(21-12-19(25-5)8-10-26-11-9-19)23-14(4)16-22-13(3)15(28-16)17(24)27-7-2/h14H,6-12H2,1-5H3,(H2,20,21,23). The fourth-order valence-corrected chi connectivity index (χ4v) is 3.93. The second-order valence-electron chi connectivity index (χ2n) is 6.75. The predicted octanol–water partition coefficient (Wildman–Crippen LogP) is 2.44. The van der Waals surface area contributed by atoms with Crippen LogP contribution in [0.15, 0.2) is 4.99 Å². The third-order valence-corrected chi connectivity index (χ3v) is 6.02. The van der Waals surface area contributed by atoms with E-state index in [1.54, 1.807) is 14.0 Å². The maximum Gasteiger partial charge on any atom is 0.350 e. The lowest BCUT2D eigenvalue weighted by atomic mass is 9.94. The van der Waals surface area contributed by atoms with Gasteiger partial charge >= 0.3 is 5.97 Å². The van der Waals surface area contributed by atoms with Crippen LogP contribution in [0.4, 0.5) is 0 Å². The summed E-state index contributed by atoms with van der Waals surface area (Å²) in [6, 6.07) is -0.0992. The molecule has 0 saturated carbocycles. The largest absolute Gasteiger partial charge is 0.462 e. The zero-order chi connectivity index (χ0) is 20.6. The summed E-state index contributed by atoms with van der Waals surface area (Å²) in [7, 11) is 1.74. The molecule has 1 aromatic rings. The number of hydrogen-bond acceptors (Lipinski definition) is 7. The first-order chi connectivity index (χ1) is 13.4. The van der Waals surface area contributed by atoms with Gasteiger partial charge in [0, 0.05) is 39.7 Å². The van der Waals surface area contributed by atoms with Gasteiger partial charge in [0.25, 0.3) is 0 Å². The van der Waals surface area contributed by atoms with Gasteiger partial charge in [-0.05, 0) is 27.7 Å². The average molecular weight is 413 g/mol. The van der Waals surface area contributed by atoms with Crippen molar-refractivity contribution in [3.8, 4) is 0 Å². The molecule has 2 heterocycles. The highest BCUT2D eigenvalue weighted by atomic mass is 32.1. The number of nitrogens with one attached hydrogen (secondary N) is 2. The Morgan fingerprint density at radius 3 is 2.71 bits per heavy atom. The smallest absolute Gasteiger partial charge is 0.350 e. The highest BCUT2D eigenvalue weighted by Crippen LogP contribution is 2.26. The second kappa shape index (κ2) is 10.7. The van der Waals surface area contributed by atoms with Gasteiger partial charge in [0.15, 0.2) is 5.96 Å². The molecule has 158 valence electrons. The fourth-order valence-electron chi connectivity index (χ4n) is 2.97. The van der Waals surface area contributed by atoms with E-state index in [9.17, 15) is 4.79 Å². The minimum Gasteiger partial charge on any atom is -0.462 e. The number of methoxy groups -OCH3 is 1. The number of guanidine groups is 1. The first kappa shape index (κ1) is 22.6. The van der Waals surface area contributed by atoms with Crippen LogP contribution >= 0.6 is 11.3 Å². The Hall–Kier alpha value is -1.71. The zero-order valence-electron chi connectivity index (χ0n) is 17.5. The number of hydrogen-bond donors (Lipinski definition) is 2. The van der Waals surface area contributed by atoms with E-state index >= 15 is 0 Å². The lowest BCUT2D eigenvalue weighted by Gasteiger charge is -2.34. The second-order valence-corrected chi connectivity index (χ2v) is 7.78. The number of aliphatic imine (C=N–C) groups is 1. The van der Waals surface area contributed by atoms with E-state index in [-0.39, 0.29) is 17.6 Å². The van der Waals surface area contributed by atoms with Crippen molar-refractivity contribution in [2.45, 2.75) is 52.2 Å². The van der Waals surface area contributed by atoms with Gasteiger partial charge in [-0.15, -0.1) is 11.3 Å². The van der Waals surface area contributed by atoms with Crippen molar-refractivity contribution in [3.63, 3.8) is 0 Å². The molecule has 2 N–H and O–H groups in total. The molecular weight excluding hydrogens is 380 g/mol. The van der Waals surface area contributed by atoms with Crippen LogP contribution in [-0.2, 0) is 14.2 Å². The maximum absolute atomic E-state index is 12.0. The molecule has 1 fully saturated rings. The lowest BCUT2D eigenvalue weighted by Crippen LogP contribution is -2.44. The van der Waals surface area contributed by atoms with Gasteiger partial charge in [-0.25, -0.2) is 9.78 Å². The van der Waals surface area contributed by atoms with E-state index in [4.69, 9.17) is 19.2 Å². The van der Waals surface area contributed by atoms with Crippen molar-refractivity contribution < 1.29 is 19.0 Å². The van der Waals surface area contributed by atoms with Crippen molar-refractivity contribution in [2.24, 2.45) is 4.99 Å². The van der Waals surface area contributed by atoms with Crippen LogP contribution in [0.25, 0.3) is 0 Å². The van der Waals surface area contributed by atoms with Crippen molar-refractivity contribution in [1.82, 2.24) is 15.6 Å². The third kappa shape index (κ3) is 5.89. The summed E-state index contributed by atoms with van der Waals surface area (Å²) in [6.07, 6.45) is 1.66. The molecule has 0 aliphatic carbocycles. The normalized spacial score (nSPS) is 17.8. The molecule has 0 radical (unpaired) electrons. The molecule has 1 aromatic heterocycles. The number of carbonyl (C=O) groups is 1. The summed E-state index contributed by atoms with van der Waals surface area (Å²) in [6.45, 7) is 10.7. The van der Waals surface area contributed by atoms with Crippen LogP contribution in [0, 0.1) is 6.92 Å². The predicted molar refractivity (Wildman–Crippen MR) is 110 cm³/mol. The van der Waals surface area contributed by atoms with E-state index in [0.29, 0.717) is 42.9 Å². The highest BCUT2D eigenvalue weighted by Gasteiger charge is 2.32. The van der Waals surface area contributed by atoms with Gasteiger partial charge in [0.2, 0.25) is 0 Å². The van der Waals surface area contributed by atoms with Gasteiger partial charge < -0.3 is 24.8 Å². The number of rotatable bonds is 8. The molecule has 8 nitrogen and oxygen atoms in total. The van der Waals surface area contributed by atoms with E-state index in [2.05, 4.69) is 15.6 Å². The van der Waals surface area contributed by atoms with Crippen LogP contribution in [0.3, 0.4) is 0 Å². The zero-order valence-corrected chi connectivity index (χ0v) is 18.3. The summed E-state index contributed by atoms with van der Waals surface area (Å²) in [5.41, 5.74) is 0.410. The summed E-state index contributed by atoms with van der Waals surface area (Å²) in [4.78, 5) is 21.9. The van der Waals surface area contributed by atoms with Gasteiger partial charge in [0.1, 0.15) is 9.88 Å². The average Bonchev–Trinajstić information content (AvgIpc) is 3.09. The molecule has 1 unspecified atom stereocenters. The molecule has 2 rings (SSSR count). The quantitative estimate of drug-likeness (QED) is 0.385. The number of aryl methyl sites for hydroxylation is 1. The van der Waals surface area contributed by atoms with E-state index < -0.39 is 0 Å². The number of ether oxygens (including phenoxy) is 3. The van der Waals surface area contributed by atoms with Crippen LogP contribution in [-0.4, -0.2) is 62.5 Å². The first-order valence-electron chi connectivity index (χ1n) is 9.77. The summed E-state index contributed by atoms with van der Waals surface area (Å²) in [5, 5.41) is 7.46. The molecule has 9 heteroatoms. The molecule has 1 saturated heterocycles. The Labute approximate surface area is 171 Å². The van der Waals surface area contributed by atoms with Gasteiger partial charge in [-0.2, -0.15) is 0 Å². The Kier molecular flexibility index (Phi) is 8.65. The highest BCUT2D eigenvalue weighted by molar-refractivity contribution is 7.13. The van der Waals surface area contributed by atoms with Crippen LogP contribution in [0.5, 0.6) is 0 Å². The molecule has 28 heavy (non-hydrogen) atoms.